The van der Waals surface area contributed by atoms with Crippen LogP contribution in [0.5, 0.6) is 0 Å². The van der Waals surface area contributed by atoms with E-state index in [0.717, 1.165) is 0 Å². The molecule has 2 aromatic rings. The van der Waals surface area contributed by atoms with Gasteiger partial charge in [-0.25, -0.2) is 4.39 Å². The van der Waals surface area contributed by atoms with Crippen LogP contribution in [0.25, 0.3) is 6.08 Å². The zero-order valence-corrected chi connectivity index (χ0v) is 13.3. The van der Waals surface area contributed by atoms with Crippen LogP contribution in [-0.4, -0.2) is 5.91 Å². The van der Waals surface area contributed by atoms with Crippen LogP contribution < -0.4 is 10.9 Å². The SMILES string of the molecule is O=C(/C=C/c1ccccc1F)NNc1c(Cl)cc(Cl)cc1Cl. The predicted octanol–water partition coefficient (Wildman–Crippen LogP) is 4.94. The Morgan fingerprint density at radius 2 is 1.73 bits per heavy atom. The van der Waals surface area contributed by atoms with Gasteiger partial charge in [0.2, 0.25) is 0 Å². The Bertz CT molecular complexity index is 711. The van der Waals surface area contributed by atoms with Crippen molar-refractivity contribution in [3.63, 3.8) is 0 Å². The highest BCUT2D eigenvalue weighted by Gasteiger charge is 2.08. The number of amides is 1. The molecule has 0 radical (unpaired) electrons. The van der Waals surface area contributed by atoms with E-state index in [2.05, 4.69) is 10.9 Å². The summed E-state index contributed by atoms with van der Waals surface area (Å²) in [5.41, 5.74) is 5.60. The highest BCUT2D eigenvalue weighted by Crippen LogP contribution is 2.32. The molecule has 0 fully saturated rings. The van der Waals surface area contributed by atoms with Crippen molar-refractivity contribution in [1.29, 1.82) is 0 Å². The average molecular weight is 360 g/mol. The van der Waals surface area contributed by atoms with E-state index in [1.54, 1.807) is 18.2 Å². The minimum atomic E-state index is -0.495. The molecule has 7 heteroatoms. The lowest BCUT2D eigenvalue weighted by Crippen LogP contribution is -2.27. The van der Waals surface area contributed by atoms with Gasteiger partial charge in [0.25, 0.3) is 5.91 Å². The summed E-state index contributed by atoms with van der Waals surface area (Å²) >= 11 is 17.7. The number of benzene rings is 2. The van der Waals surface area contributed by atoms with Crippen LogP contribution in [0, 0.1) is 5.82 Å². The van der Waals surface area contributed by atoms with Crippen LogP contribution in [-0.2, 0) is 4.79 Å². The van der Waals surface area contributed by atoms with E-state index in [1.807, 2.05) is 0 Å². The Kier molecular flexibility index (Phi) is 5.66. The van der Waals surface area contributed by atoms with Gasteiger partial charge in [0.05, 0.1) is 15.7 Å². The summed E-state index contributed by atoms with van der Waals surface area (Å²) < 4.78 is 13.4. The van der Waals surface area contributed by atoms with Crippen molar-refractivity contribution < 1.29 is 9.18 Å². The molecule has 0 bridgehead atoms. The molecular weight excluding hydrogens is 350 g/mol. The fraction of sp³-hybridized carbons (Fsp3) is 0. The van der Waals surface area contributed by atoms with Crippen LogP contribution in [0.2, 0.25) is 15.1 Å². The zero-order chi connectivity index (χ0) is 16.1. The third-order valence-corrected chi connectivity index (χ3v) is 3.45. The molecule has 0 aromatic heterocycles. The molecular formula is C15H10Cl3FN2O. The Morgan fingerprint density at radius 3 is 2.36 bits per heavy atom. The average Bonchev–Trinajstić information content (AvgIpc) is 2.45. The Balaban J connectivity index is 2.01. The van der Waals surface area contributed by atoms with E-state index < -0.39 is 11.7 Å². The van der Waals surface area contributed by atoms with E-state index in [9.17, 15) is 9.18 Å². The molecule has 0 saturated carbocycles. The lowest BCUT2D eigenvalue weighted by Gasteiger charge is -2.10. The third kappa shape index (κ3) is 4.37. The van der Waals surface area contributed by atoms with Crippen molar-refractivity contribution in [1.82, 2.24) is 5.43 Å². The zero-order valence-electron chi connectivity index (χ0n) is 11.0. The number of hydrazine groups is 1. The summed E-state index contributed by atoms with van der Waals surface area (Å²) in [7, 11) is 0. The van der Waals surface area contributed by atoms with Crippen molar-refractivity contribution in [2.24, 2.45) is 0 Å². The lowest BCUT2D eigenvalue weighted by molar-refractivity contribution is -0.115. The van der Waals surface area contributed by atoms with E-state index in [0.29, 0.717) is 16.3 Å². The first-order valence-corrected chi connectivity index (χ1v) is 7.24. The second kappa shape index (κ2) is 7.49. The molecule has 3 nitrogen and oxygen atoms in total. The number of nitrogens with one attached hydrogen (secondary N) is 2. The normalized spacial score (nSPS) is 10.7. The van der Waals surface area contributed by atoms with Crippen LogP contribution in [0.3, 0.4) is 0 Å². The Morgan fingerprint density at radius 1 is 1.09 bits per heavy atom. The van der Waals surface area contributed by atoms with Gasteiger partial charge in [0.15, 0.2) is 0 Å². The van der Waals surface area contributed by atoms with Gasteiger partial charge in [-0.05, 0) is 24.3 Å². The molecule has 0 atom stereocenters. The maximum absolute atomic E-state index is 13.4. The minimum absolute atomic E-state index is 0.260. The van der Waals surface area contributed by atoms with Crippen LogP contribution in [0.4, 0.5) is 10.1 Å². The summed E-state index contributed by atoms with van der Waals surface area (Å²) in [5, 5.41) is 0.901. The van der Waals surface area contributed by atoms with Crippen molar-refractivity contribution in [2.45, 2.75) is 0 Å². The summed E-state index contributed by atoms with van der Waals surface area (Å²) in [6, 6.07) is 9.07. The number of carbonyl (C=O) groups excluding carboxylic acids is 1. The van der Waals surface area contributed by atoms with Gasteiger partial charge in [0, 0.05) is 16.7 Å². The Labute approximate surface area is 141 Å². The first-order chi connectivity index (χ1) is 10.5. The number of rotatable bonds is 4. The molecule has 1 amide bonds. The smallest absolute Gasteiger partial charge is 0.262 e. The van der Waals surface area contributed by atoms with Gasteiger partial charge in [-0.2, -0.15) is 0 Å². The molecule has 0 aliphatic heterocycles. The van der Waals surface area contributed by atoms with Gasteiger partial charge in [-0.15, -0.1) is 0 Å². The minimum Gasteiger partial charge on any atom is -0.295 e. The number of carbonyl (C=O) groups is 1. The fourth-order valence-electron chi connectivity index (χ4n) is 1.60. The maximum atomic E-state index is 13.4. The maximum Gasteiger partial charge on any atom is 0.262 e. The molecule has 0 heterocycles. The molecule has 0 aliphatic carbocycles. The van der Waals surface area contributed by atoms with Crippen LogP contribution >= 0.6 is 34.8 Å². The van der Waals surface area contributed by atoms with Crippen molar-refractivity contribution in [3.8, 4) is 0 Å². The second-order valence-electron chi connectivity index (χ2n) is 4.21. The second-order valence-corrected chi connectivity index (χ2v) is 5.46. The topological polar surface area (TPSA) is 41.1 Å². The standard InChI is InChI=1S/C15H10Cl3FN2O/c16-10-7-11(17)15(12(18)8-10)21-20-14(22)6-5-9-3-1-2-4-13(9)19/h1-8,21H,(H,20,22)/b6-5+. The van der Waals surface area contributed by atoms with E-state index in [4.69, 9.17) is 34.8 Å². The molecule has 0 spiro atoms. The summed E-state index contributed by atoms with van der Waals surface area (Å²) in [6.07, 6.45) is 2.54. The molecule has 0 saturated heterocycles. The van der Waals surface area contributed by atoms with E-state index in [1.165, 1.54) is 30.4 Å². The van der Waals surface area contributed by atoms with Crippen LogP contribution in [0.1, 0.15) is 5.56 Å². The van der Waals surface area contributed by atoms with E-state index >= 15 is 0 Å². The van der Waals surface area contributed by atoms with Gasteiger partial charge in [0.1, 0.15) is 5.82 Å². The monoisotopic (exact) mass is 358 g/mol. The highest BCUT2D eigenvalue weighted by molar-refractivity contribution is 6.41. The first-order valence-electron chi connectivity index (χ1n) is 6.10. The predicted molar refractivity (Wildman–Crippen MR) is 88.7 cm³/mol. The quantitative estimate of drug-likeness (QED) is 0.599. The van der Waals surface area contributed by atoms with Crippen molar-refractivity contribution in [2.75, 3.05) is 5.43 Å². The van der Waals surface area contributed by atoms with Gasteiger partial charge in [-0.3, -0.25) is 15.6 Å². The molecule has 0 unspecified atom stereocenters. The van der Waals surface area contributed by atoms with Gasteiger partial charge >= 0.3 is 0 Å². The van der Waals surface area contributed by atoms with E-state index in [-0.39, 0.29) is 10.0 Å². The number of hydrogen-bond donors (Lipinski definition) is 2. The largest absolute Gasteiger partial charge is 0.295 e. The molecule has 2 aromatic carbocycles. The summed E-state index contributed by atoms with van der Waals surface area (Å²) in [5.74, 6) is -0.909. The fourth-order valence-corrected chi connectivity index (χ4v) is 2.51. The summed E-state index contributed by atoms with van der Waals surface area (Å²) in [6.45, 7) is 0. The lowest BCUT2D eigenvalue weighted by atomic mass is 10.2. The molecule has 0 aliphatic rings. The van der Waals surface area contributed by atoms with Gasteiger partial charge in [-0.1, -0.05) is 53.0 Å². The van der Waals surface area contributed by atoms with Gasteiger partial charge < -0.3 is 0 Å². The van der Waals surface area contributed by atoms with Crippen molar-refractivity contribution >= 4 is 52.5 Å². The number of halogens is 4. The van der Waals surface area contributed by atoms with Crippen molar-refractivity contribution in [3.05, 3.63) is 68.9 Å². The van der Waals surface area contributed by atoms with Crippen LogP contribution in [0.15, 0.2) is 42.5 Å². The first kappa shape index (κ1) is 16.6. The molecule has 2 rings (SSSR count). The highest BCUT2D eigenvalue weighted by atomic mass is 35.5. The number of hydrogen-bond acceptors (Lipinski definition) is 2. The Hall–Kier alpha value is -1.75. The number of anilines is 1. The third-order valence-electron chi connectivity index (χ3n) is 2.64. The molecule has 114 valence electrons. The molecule has 22 heavy (non-hydrogen) atoms. The molecule has 2 N–H and O–H groups in total. The summed E-state index contributed by atoms with van der Waals surface area (Å²) in [4.78, 5) is 11.7.